The SMILES string of the molecule is CCCc1cc(OC)c(OCCNC(C)=O)cc1N=C(N)N=C(N)N. The maximum atomic E-state index is 10.9. The lowest BCUT2D eigenvalue weighted by Gasteiger charge is -2.14. The Bertz CT molecular complexity index is 654. The van der Waals surface area contributed by atoms with Gasteiger partial charge in [0, 0.05) is 13.0 Å². The minimum Gasteiger partial charge on any atom is -0.493 e. The van der Waals surface area contributed by atoms with E-state index in [0.717, 1.165) is 18.4 Å². The Morgan fingerprint density at radius 2 is 1.96 bits per heavy atom. The first kappa shape index (κ1) is 20.1. The number of guanidine groups is 2. The molecule has 0 spiro atoms. The van der Waals surface area contributed by atoms with Crippen LogP contribution < -0.4 is 32.0 Å². The van der Waals surface area contributed by atoms with Crippen molar-refractivity contribution in [2.24, 2.45) is 27.2 Å². The van der Waals surface area contributed by atoms with Crippen LogP contribution in [0.3, 0.4) is 0 Å². The fourth-order valence-electron chi connectivity index (χ4n) is 2.11. The van der Waals surface area contributed by atoms with Crippen molar-refractivity contribution in [3.63, 3.8) is 0 Å². The van der Waals surface area contributed by atoms with Gasteiger partial charge in [-0.05, 0) is 18.1 Å². The smallest absolute Gasteiger partial charge is 0.223 e. The van der Waals surface area contributed by atoms with Crippen LogP contribution in [0.5, 0.6) is 11.5 Å². The van der Waals surface area contributed by atoms with E-state index in [2.05, 4.69) is 22.2 Å². The fourth-order valence-corrected chi connectivity index (χ4v) is 2.11. The first-order valence-electron chi connectivity index (χ1n) is 7.89. The van der Waals surface area contributed by atoms with E-state index < -0.39 is 0 Å². The summed E-state index contributed by atoms with van der Waals surface area (Å²) in [5.74, 6) is 0.726. The number of nitrogens with zero attached hydrogens (tertiary/aromatic N) is 2. The molecule has 9 nitrogen and oxygen atoms in total. The fraction of sp³-hybridized carbons (Fsp3) is 0.438. The topological polar surface area (TPSA) is 150 Å². The lowest BCUT2D eigenvalue weighted by molar-refractivity contribution is -0.119. The summed E-state index contributed by atoms with van der Waals surface area (Å²) >= 11 is 0. The van der Waals surface area contributed by atoms with Crippen molar-refractivity contribution in [2.75, 3.05) is 20.3 Å². The van der Waals surface area contributed by atoms with Gasteiger partial charge >= 0.3 is 0 Å². The van der Waals surface area contributed by atoms with Crippen LogP contribution in [0.15, 0.2) is 22.1 Å². The molecule has 0 aliphatic heterocycles. The van der Waals surface area contributed by atoms with Crippen LogP contribution in [0.2, 0.25) is 0 Å². The molecule has 0 radical (unpaired) electrons. The Hall–Kier alpha value is -2.97. The molecule has 0 bridgehead atoms. The van der Waals surface area contributed by atoms with E-state index in [4.69, 9.17) is 26.7 Å². The van der Waals surface area contributed by atoms with Gasteiger partial charge in [0.25, 0.3) is 0 Å². The number of hydrogen-bond acceptors (Lipinski definition) is 4. The van der Waals surface area contributed by atoms with Crippen molar-refractivity contribution in [1.29, 1.82) is 0 Å². The molecule has 0 fully saturated rings. The van der Waals surface area contributed by atoms with Gasteiger partial charge in [-0.3, -0.25) is 4.79 Å². The van der Waals surface area contributed by atoms with Gasteiger partial charge in [-0.25, -0.2) is 4.99 Å². The lowest BCUT2D eigenvalue weighted by atomic mass is 10.1. The molecule has 1 aromatic carbocycles. The van der Waals surface area contributed by atoms with E-state index in [9.17, 15) is 4.79 Å². The number of carbonyl (C=O) groups excluding carboxylic acids is 1. The highest BCUT2D eigenvalue weighted by molar-refractivity contribution is 5.93. The molecular formula is C16H26N6O3. The van der Waals surface area contributed by atoms with Crippen LogP contribution in [-0.2, 0) is 11.2 Å². The minimum absolute atomic E-state index is 0.0493. The van der Waals surface area contributed by atoms with Crippen LogP contribution in [0.1, 0.15) is 25.8 Å². The molecule has 9 heteroatoms. The molecule has 0 aliphatic rings. The van der Waals surface area contributed by atoms with E-state index in [1.807, 2.05) is 6.07 Å². The first-order valence-corrected chi connectivity index (χ1v) is 7.89. The second kappa shape index (κ2) is 10.0. The third kappa shape index (κ3) is 6.98. The summed E-state index contributed by atoms with van der Waals surface area (Å²) in [6, 6.07) is 3.56. The average Bonchev–Trinajstić information content (AvgIpc) is 2.52. The molecule has 138 valence electrons. The molecule has 0 atom stereocenters. The van der Waals surface area contributed by atoms with E-state index in [0.29, 0.717) is 23.7 Å². The molecule has 0 aromatic heterocycles. The predicted octanol–water partition coefficient (Wildman–Crippen LogP) is 0.382. The monoisotopic (exact) mass is 350 g/mol. The summed E-state index contributed by atoms with van der Waals surface area (Å²) in [6.07, 6.45) is 1.69. The summed E-state index contributed by atoms with van der Waals surface area (Å²) in [5, 5.41) is 2.66. The zero-order chi connectivity index (χ0) is 18.8. The van der Waals surface area contributed by atoms with Crippen molar-refractivity contribution < 1.29 is 14.3 Å². The molecule has 0 unspecified atom stereocenters. The Morgan fingerprint density at radius 1 is 1.24 bits per heavy atom. The van der Waals surface area contributed by atoms with Crippen molar-refractivity contribution in [3.05, 3.63) is 17.7 Å². The van der Waals surface area contributed by atoms with Crippen molar-refractivity contribution >= 4 is 23.5 Å². The summed E-state index contributed by atoms with van der Waals surface area (Å²) < 4.78 is 11.1. The van der Waals surface area contributed by atoms with Gasteiger partial charge in [0.2, 0.25) is 11.9 Å². The molecule has 1 aromatic rings. The number of ether oxygens (including phenoxy) is 2. The van der Waals surface area contributed by atoms with Crippen molar-refractivity contribution in [2.45, 2.75) is 26.7 Å². The Kier molecular flexibility index (Phi) is 8.04. The summed E-state index contributed by atoms with van der Waals surface area (Å²) in [5.41, 5.74) is 17.9. The number of methoxy groups -OCH3 is 1. The summed E-state index contributed by atoms with van der Waals surface area (Å²) in [4.78, 5) is 18.9. The zero-order valence-electron chi connectivity index (χ0n) is 14.8. The summed E-state index contributed by atoms with van der Waals surface area (Å²) in [7, 11) is 1.56. The number of benzene rings is 1. The molecule has 25 heavy (non-hydrogen) atoms. The van der Waals surface area contributed by atoms with Gasteiger partial charge in [-0.1, -0.05) is 13.3 Å². The quantitative estimate of drug-likeness (QED) is 0.302. The van der Waals surface area contributed by atoms with E-state index >= 15 is 0 Å². The second-order valence-electron chi connectivity index (χ2n) is 5.22. The third-order valence-electron chi connectivity index (χ3n) is 3.10. The van der Waals surface area contributed by atoms with E-state index in [1.165, 1.54) is 6.92 Å². The third-order valence-corrected chi connectivity index (χ3v) is 3.10. The number of carbonyl (C=O) groups is 1. The summed E-state index contributed by atoms with van der Waals surface area (Å²) in [6.45, 7) is 4.16. The molecule has 0 heterocycles. The zero-order valence-corrected chi connectivity index (χ0v) is 14.8. The number of nitrogens with one attached hydrogen (secondary N) is 1. The maximum Gasteiger partial charge on any atom is 0.223 e. The van der Waals surface area contributed by atoms with Crippen LogP contribution in [0, 0.1) is 0 Å². The first-order chi connectivity index (χ1) is 11.9. The Balaban J connectivity index is 3.13. The van der Waals surface area contributed by atoms with Gasteiger partial charge in [0.15, 0.2) is 17.5 Å². The molecule has 7 N–H and O–H groups in total. The normalized spacial score (nSPS) is 10.9. The highest BCUT2D eigenvalue weighted by Gasteiger charge is 2.12. The number of hydrogen-bond donors (Lipinski definition) is 4. The van der Waals surface area contributed by atoms with E-state index in [-0.39, 0.29) is 24.4 Å². The van der Waals surface area contributed by atoms with E-state index in [1.54, 1.807) is 13.2 Å². The van der Waals surface area contributed by atoms with Crippen molar-refractivity contribution in [3.8, 4) is 11.5 Å². The van der Waals surface area contributed by atoms with Crippen LogP contribution >= 0.6 is 0 Å². The standard InChI is InChI=1S/C16H26N6O3/c1-4-5-11-8-13(24-3)14(25-7-6-20-10(2)23)9-12(11)21-16(19)22-15(17)18/h8-9H,4-7H2,1-3H3,(H,20,23)(H6,17,18,19,21,22). The Morgan fingerprint density at radius 3 is 2.52 bits per heavy atom. The molecule has 0 saturated carbocycles. The molecular weight excluding hydrogens is 324 g/mol. The van der Waals surface area contributed by atoms with Crippen LogP contribution in [0.25, 0.3) is 0 Å². The second-order valence-corrected chi connectivity index (χ2v) is 5.22. The van der Waals surface area contributed by atoms with Gasteiger partial charge in [0.1, 0.15) is 6.61 Å². The largest absolute Gasteiger partial charge is 0.493 e. The average molecular weight is 350 g/mol. The maximum absolute atomic E-state index is 10.9. The number of amides is 1. The Labute approximate surface area is 147 Å². The molecule has 0 aliphatic carbocycles. The number of aliphatic imine (C=N–C) groups is 2. The number of aryl methyl sites for hydroxylation is 1. The van der Waals surface area contributed by atoms with Gasteiger partial charge < -0.3 is 32.0 Å². The number of rotatable bonds is 8. The molecule has 0 saturated heterocycles. The van der Waals surface area contributed by atoms with Crippen molar-refractivity contribution in [1.82, 2.24) is 5.32 Å². The van der Waals surface area contributed by atoms with Crippen LogP contribution in [-0.4, -0.2) is 38.1 Å². The number of nitrogens with two attached hydrogens (primary N) is 3. The highest BCUT2D eigenvalue weighted by atomic mass is 16.5. The highest BCUT2D eigenvalue weighted by Crippen LogP contribution is 2.35. The lowest BCUT2D eigenvalue weighted by Crippen LogP contribution is -2.26. The molecule has 1 amide bonds. The van der Waals surface area contributed by atoms with Gasteiger partial charge in [-0.2, -0.15) is 4.99 Å². The minimum atomic E-state index is -0.168. The predicted molar refractivity (Wildman–Crippen MR) is 98.3 cm³/mol. The van der Waals surface area contributed by atoms with Gasteiger partial charge in [-0.15, -0.1) is 0 Å². The van der Waals surface area contributed by atoms with Crippen LogP contribution in [0.4, 0.5) is 5.69 Å². The molecule has 1 rings (SSSR count). The van der Waals surface area contributed by atoms with Gasteiger partial charge in [0.05, 0.1) is 19.3 Å².